The Morgan fingerprint density at radius 2 is 1.44 bits per heavy atom. The molecule has 0 heterocycles. The number of hydrogen-bond donors (Lipinski definition) is 2. The number of ether oxygens (including phenoxy) is 3. The molecule has 5 aromatic carbocycles. The highest BCUT2D eigenvalue weighted by Gasteiger charge is 2.17. The summed E-state index contributed by atoms with van der Waals surface area (Å²) in [7, 11) is 2.99. The third-order valence-corrected chi connectivity index (χ3v) is 6.22. The Kier molecular flexibility index (Phi) is 7.09. The maximum Gasteiger partial charge on any atom is 0.343 e. The number of nitrogens with one attached hydrogen (secondary N) is 1. The lowest BCUT2D eigenvalue weighted by Crippen LogP contribution is -2.18. The lowest BCUT2D eigenvalue weighted by Gasteiger charge is -2.12. The van der Waals surface area contributed by atoms with Gasteiger partial charge < -0.3 is 19.3 Å². The van der Waals surface area contributed by atoms with Crippen LogP contribution in [0.25, 0.3) is 21.5 Å². The van der Waals surface area contributed by atoms with Crippen molar-refractivity contribution in [2.45, 2.75) is 0 Å². The van der Waals surface area contributed by atoms with Gasteiger partial charge in [0.1, 0.15) is 11.5 Å². The molecular weight excluding hydrogens is 496 g/mol. The fourth-order valence-corrected chi connectivity index (χ4v) is 4.25. The molecule has 5 rings (SSSR count). The molecule has 0 fully saturated rings. The lowest BCUT2D eigenvalue weighted by molar-refractivity contribution is 0.0734. The van der Waals surface area contributed by atoms with E-state index in [1.165, 1.54) is 32.6 Å². The van der Waals surface area contributed by atoms with Crippen LogP contribution >= 0.6 is 0 Å². The summed E-state index contributed by atoms with van der Waals surface area (Å²) in [5.74, 6) is -0.214. The number of rotatable bonds is 7. The zero-order valence-corrected chi connectivity index (χ0v) is 21.2. The van der Waals surface area contributed by atoms with Crippen LogP contribution in [0.5, 0.6) is 23.0 Å². The van der Waals surface area contributed by atoms with Crippen molar-refractivity contribution in [1.82, 2.24) is 5.43 Å². The average Bonchev–Trinajstić information content (AvgIpc) is 2.97. The monoisotopic (exact) mass is 520 g/mol. The molecule has 194 valence electrons. The van der Waals surface area contributed by atoms with Gasteiger partial charge in [0.05, 0.1) is 31.6 Å². The van der Waals surface area contributed by atoms with E-state index in [1.54, 1.807) is 24.3 Å². The summed E-state index contributed by atoms with van der Waals surface area (Å²) in [5, 5.41) is 17.8. The minimum atomic E-state index is -0.606. The van der Waals surface area contributed by atoms with Gasteiger partial charge in [-0.3, -0.25) is 4.79 Å². The van der Waals surface area contributed by atoms with E-state index in [0.717, 1.165) is 21.5 Å². The number of benzene rings is 5. The maximum atomic E-state index is 13.0. The standard InChI is InChI=1S/C31H24N2O6/c1-37-28-14-12-22(17-29(28)38-2)31(36)39-27-13-11-19-7-5-6-10-23(19)25(27)18-32-33-30(35)24-15-20-8-3-4-9-21(20)16-26(24)34/h3-18,34H,1-2H3,(H,33,35)/b32-18-. The summed E-state index contributed by atoms with van der Waals surface area (Å²) in [6.07, 6.45) is 1.41. The van der Waals surface area contributed by atoms with E-state index < -0.39 is 11.9 Å². The molecule has 0 aromatic heterocycles. The second-order valence-corrected chi connectivity index (χ2v) is 8.57. The summed E-state index contributed by atoms with van der Waals surface area (Å²) in [5.41, 5.74) is 3.30. The van der Waals surface area contributed by atoms with E-state index >= 15 is 0 Å². The van der Waals surface area contributed by atoms with Crippen molar-refractivity contribution in [3.63, 3.8) is 0 Å². The van der Waals surface area contributed by atoms with Gasteiger partial charge in [0, 0.05) is 5.56 Å². The van der Waals surface area contributed by atoms with Crippen LogP contribution in [-0.2, 0) is 0 Å². The second-order valence-electron chi connectivity index (χ2n) is 8.57. The number of hydrazone groups is 1. The van der Waals surface area contributed by atoms with Crippen LogP contribution in [-0.4, -0.2) is 37.4 Å². The van der Waals surface area contributed by atoms with Crippen molar-refractivity contribution < 1.29 is 28.9 Å². The fraction of sp³-hybridized carbons (Fsp3) is 0.0645. The zero-order valence-electron chi connectivity index (χ0n) is 21.2. The summed E-state index contributed by atoms with van der Waals surface area (Å²) in [4.78, 5) is 25.9. The van der Waals surface area contributed by atoms with Gasteiger partial charge in [-0.2, -0.15) is 5.10 Å². The van der Waals surface area contributed by atoms with Gasteiger partial charge in [0.25, 0.3) is 5.91 Å². The summed E-state index contributed by atoms with van der Waals surface area (Å²) < 4.78 is 16.3. The van der Waals surface area contributed by atoms with Crippen LogP contribution in [0.15, 0.2) is 96.1 Å². The van der Waals surface area contributed by atoms with Crippen molar-refractivity contribution in [2.75, 3.05) is 14.2 Å². The minimum absolute atomic E-state index is 0.0869. The van der Waals surface area contributed by atoms with Gasteiger partial charge in [0.2, 0.25) is 0 Å². The number of nitrogens with zero attached hydrogens (tertiary/aromatic N) is 1. The molecule has 0 aliphatic rings. The molecule has 8 nitrogen and oxygen atoms in total. The number of phenolic OH excluding ortho intramolecular Hbond substituents is 1. The minimum Gasteiger partial charge on any atom is -0.507 e. The fourth-order valence-electron chi connectivity index (χ4n) is 4.25. The van der Waals surface area contributed by atoms with Crippen LogP contribution in [0.4, 0.5) is 0 Å². The molecular formula is C31H24N2O6. The molecule has 39 heavy (non-hydrogen) atoms. The molecule has 0 saturated carbocycles. The molecule has 2 N–H and O–H groups in total. The Hall–Kier alpha value is -5.37. The third kappa shape index (κ3) is 5.21. The van der Waals surface area contributed by atoms with Gasteiger partial charge in [-0.25, -0.2) is 10.2 Å². The van der Waals surface area contributed by atoms with E-state index in [9.17, 15) is 14.7 Å². The quantitative estimate of drug-likeness (QED) is 0.123. The molecule has 5 aromatic rings. The number of carbonyl (C=O) groups is 2. The first kappa shape index (κ1) is 25.3. The topological polar surface area (TPSA) is 106 Å². The summed E-state index contributed by atoms with van der Waals surface area (Å²) >= 11 is 0. The number of esters is 1. The molecule has 0 aliphatic carbocycles. The molecule has 0 unspecified atom stereocenters. The third-order valence-electron chi connectivity index (χ3n) is 6.22. The molecule has 0 spiro atoms. The van der Waals surface area contributed by atoms with Gasteiger partial charge in [-0.05, 0) is 57.9 Å². The van der Waals surface area contributed by atoms with Crippen molar-refractivity contribution in [2.24, 2.45) is 5.10 Å². The molecule has 8 heteroatoms. The SMILES string of the molecule is COc1ccc(C(=O)Oc2ccc3ccccc3c2/C=N\NC(=O)c2cc3ccccc3cc2O)cc1OC. The van der Waals surface area contributed by atoms with Crippen LogP contribution < -0.4 is 19.6 Å². The van der Waals surface area contributed by atoms with Crippen LogP contribution in [0, 0.1) is 0 Å². The van der Waals surface area contributed by atoms with Gasteiger partial charge in [-0.1, -0.05) is 54.6 Å². The van der Waals surface area contributed by atoms with Crippen molar-refractivity contribution in [3.8, 4) is 23.0 Å². The molecule has 0 bridgehead atoms. The highest BCUT2D eigenvalue weighted by atomic mass is 16.5. The van der Waals surface area contributed by atoms with E-state index in [0.29, 0.717) is 17.1 Å². The molecule has 0 aliphatic heterocycles. The summed E-state index contributed by atoms with van der Waals surface area (Å²) in [6.45, 7) is 0. The average molecular weight is 521 g/mol. The van der Waals surface area contributed by atoms with E-state index in [-0.39, 0.29) is 22.6 Å². The van der Waals surface area contributed by atoms with Gasteiger partial charge in [0.15, 0.2) is 11.5 Å². The van der Waals surface area contributed by atoms with Crippen LogP contribution in [0.2, 0.25) is 0 Å². The highest BCUT2D eigenvalue weighted by Crippen LogP contribution is 2.30. The maximum absolute atomic E-state index is 13.0. The zero-order chi connectivity index (χ0) is 27.4. The number of aromatic hydroxyl groups is 1. The summed E-state index contributed by atoms with van der Waals surface area (Å²) in [6, 6.07) is 26.3. The van der Waals surface area contributed by atoms with Crippen LogP contribution in [0.3, 0.4) is 0 Å². The Balaban J connectivity index is 1.43. The number of fused-ring (bicyclic) bond motifs is 2. The molecule has 1 amide bonds. The first-order valence-corrected chi connectivity index (χ1v) is 12.0. The predicted molar refractivity (Wildman–Crippen MR) is 149 cm³/mol. The van der Waals surface area contributed by atoms with E-state index in [1.807, 2.05) is 54.6 Å². The first-order valence-electron chi connectivity index (χ1n) is 12.0. The second kappa shape index (κ2) is 10.9. The number of carbonyl (C=O) groups excluding carboxylic acids is 2. The Morgan fingerprint density at radius 3 is 2.18 bits per heavy atom. The molecule has 0 atom stereocenters. The Bertz CT molecular complexity index is 1750. The smallest absolute Gasteiger partial charge is 0.343 e. The van der Waals surface area contributed by atoms with Crippen molar-refractivity contribution >= 4 is 39.6 Å². The van der Waals surface area contributed by atoms with Crippen molar-refractivity contribution in [3.05, 3.63) is 108 Å². The normalized spacial score (nSPS) is 11.0. The van der Waals surface area contributed by atoms with Crippen LogP contribution in [0.1, 0.15) is 26.3 Å². The lowest BCUT2D eigenvalue weighted by atomic mass is 10.0. The van der Waals surface area contributed by atoms with E-state index in [4.69, 9.17) is 14.2 Å². The number of hydrogen-bond acceptors (Lipinski definition) is 7. The van der Waals surface area contributed by atoms with Crippen molar-refractivity contribution in [1.29, 1.82) is 0 Å². The number of amides is 1. The largest absolute Gasteiger partial charge is 0.507 e. The number of methoxy groups -OCH3 is 2. The molecule has 0 saturated heterocycles. The number of phenols is 1. The highest BCUT2D eigenvalue weighted by molar-refractivity contribution is 6.05. The predicted octanol–water partition coefficient (Wildman–Crippen LogP) is 5.70. The Morgan fingerprint density at radius 1 is 0.769 bits per heavy atom. The first-order chi connectivity index (χ1) is 19.0. The van der Waals surface area contributed by atoms with Gasteiger partial charge >= 0.3 is 5.97 Å². The van der Waals surface area contributed by atoms with Gasteiger partial charge in [-0.15, -0.1) is 0 Å². The molecule has 0 radical (unpaired) electrons. The van der Waals surface area contributed by atoms with E-state index in [2.05, 4.69) is 10.5 Å². The Labute approximate surface area is 224 Å².